The second-order valence-corrected chi connectivity index (χ2v) is 5.25. The number of fused-ring (bicyclic) bond motifs is 1. The highest BCUT2D eigenvalue weighted by atomic mass is 16.1. The molecular weight excluding hydrogens is 264 g/mol. The molecule has 1 unspecified atom stereocenters. The average molecular weight is 282 g/mol. The van der Waals surface area contributed by atoms with E-state index in [2.05, 4.69) is 27.9 Å². The summed E-state index contributed by atoms with van der Waals surface area (Å²) in [5.74, 6) is 0.963. The Morgan fingerprint density at radius 1 is 1.14 bits per heavy atom. The second kappa shape index (κ2) is 5.09. The first-order valence-corrected chi connectivity index (χ1v) is 6.91. The molecule has 21 heavy (non-hydrogen) atoms. The lowest BCUT2D eigenvalue weighted by Gasteiger charge is -2.15. The van der Waals surface area contributed by atoms with Crippen LogP contribution in [0.15, 0.2) is 47.4 Å². The lowest BCUT2D eigenvalue weighted by Crippen LogP contribution is -2.17. The molecule has 3 aromatic rings. The van der Waals surface area contributed by atoms with Crippen molar-refractivity contribution in [3.05, 3.63) is 58.8 Å². The Kier molecular flexibility index (Phi) is 3.25. The molecule has 108 valence electrons. The van der Waals surface area contributed by atoms with Crippen molar-refractivity contribution in [3.63, 3.8) is 0 Å². The molecule has 0 aliphatic rings. The summed E-state index contributed by atoms with van der Waals surface area (Å²) < 4.78 is 3.65. The number of aryl methyl sites for hydroxylation is 2. The number of benzene rings is 1. The van der Waals surface area contributed by atoms with Crippen LogP contribution in [0, 0.1) is 0 Å². The van der Waals surface area contributed by atoms with E-state index in [-0.39, 0.29) is 11.6 Å². The minimum absolute atomic E-state index is 0.0177. The normalized spacial score (nSPS) is 12.5. The van der Waals surface area contributed by atoms with E-state index in [0.717, 1.165) is 22.5 Å². The highest BCUT2D eigenvalue weighted by molar-refractivity contribution is 5.76. The highest BCUT2D eigenvalue weighted by Gasteiger charge is 2.14. The van der Waals surface area contributed by atoms with Gasteiger partial charge in [0.2, 0.25) is 5.56 Å². The molecule has 3 rings (SSSR count). The van der Waals surface area contributed by atoms with Gasteiger partial charge in [0, 0.05) is 26.4 Å². The maximum Gasteiger partial charge on any atom is 0.250 e. The van der Waals surface area contributed by atoms with Gasteiger partial charge in [0.15, 0.2) is 0 Å². The van der Waals surface area contributed by atoms with Crippen molar-refractivity contribution in [3.8, 4) is 0 Å². The summed E-state index contributed by atoms with van der Waals surface area (Å²) in [5, 5.41) is 3.38. The van der Waals surface area contributed by atoms with Crippen LogP contribution in [-0.4, -0.2) is 14.1 Å². The van der Waals surface area contributed by atoms with Crippen LogP contribution in [-0.2, 0) is 14.1 Å². The third-order valence-electron chi connectivity index (χ3n) is 3.68. The molecule has 1 atom stereocenters. The summed E-state index contributed by atoms with van der Waals surface area (Å²) in [6.07, 6.45) is 1.79. The molecule has 0 spiro atoms. The Morgan fingerprint density at radius 3 is 2.62 bits per heavy atom. The Morgan fingerprint density at radius 2 is 1.90 bits per heavy atom. The van der Waals surface area contributed by atoms with Gasteiger partial charge in [-0.2, -0.15) is 0 Å². The van der Waals surface area contributed by atoms with E-state index in [1.807, 2.05) is 25.2 Å². The van der Waals surface area contributed by atoms with E-state index >= 15 is 0 Å². The predicted molar refractivity (Wildman–Crippen MR) is 84.4 cm³/mol. The van der Waals surface area contributed by atoms with Crippen molar-refractivity contribution in [1.82, 2.24) is 14.1 Å². The number of pyridine rings is 1. The highest BCUT2D eigenvalue weighted by Crippen LogP contribution is 2.22. The van der Waals surface area contributed by atoms with Gasteiger partial charge >= 0.3 is 0 Å². The number of hydrogen-bond acceptors (Lipinski definition) is 3. The molecule has 2 heterocycles. The van der Waals surface area contributed by atoms with Crippen molar-refractivity contribution in [2.45, 2.75) is 13.0 Å². The monoisotopic (exact) mass is 282 g/mol. The van der Waals surface area contributed by atoms with Crippen LogP contribution >= 0.6 is 0 Å². The van der Waals surface area contributed by atoms with Crippen molar-refractivity contribution in [1.29, 1.82) is 0 Å². The first-order chi connectivity index (χ1) is 10.1. The number of nitrogens with zero attached hydrogens (tertiary/aromatic N) is 3. The summed E-state index contributed by atoms with van der Waals surface area (Å²) in [7, 11) is 3.76. The van der Waals surface area contributed by atoms with Gasteiger partial charge < -0.3 is 14.5 Å². The maximum atomic E-state index is 11.4. The minimum Gasteiger partial charge on any atom is -0.374 e. The van der Waals surface area contributed by atoms with E-state index in [4.69, 9.17) is 0 Å². The molecule has 0 saturated carbocycles. The molecule has 2 aromatic heterocycles. The SMILES string of the molecule is CC(Nc1ccc(=O)n(C)c1)c1nc2ccccc2n1C. The molecule has 0 bridgehead atoms. The number of para-hydroxylation sites is 2. The van der Waals surface area contributed by atoms with Gasteiger partial charge in [0.1, 0.15) is 5.82 Å². The minimum atomic E-state index is -0.0177. The molecule has 0 aliphatic carbocycles. The number of imidazole rings is 1. The standard InChI is InChI=1S/C16H18N4O/c1-11(17-12-8-9-15(21)19(2)10-12)16-18-13-6-4-5-7-14(13)20(16)3/h4-11,17H,1-3H3. The molecule has 0 aliphatic heterocycles. The van der Waals surface area contributed by atoms with Crippen LogP contribution in [0.5, 0.6) is 0 Å². The van der Waals surface area contributed by atoms with E-state index in [0.29, 0.717) is 0 Å². The Hall–Kier alpha value is -2.56. The molecule has 1 N–H and O–H groups in total. The first kappa shape index (κ1) is 13.4. The first-order valence-electron chi connectivity index (χ1n) is 6.91. The average Bonchev–Trinajstić information content (AvgIpc) is 2.81. The molecule has 0 fully saturated rings. The smallest absolute Gasteiger partial charge is 0.250 e. The van der Waals surface area contributed by atoms with Gasteiger partial charge in [0.05, 0.1) is 22.8 Å². The second-order valence-electron chi connectivity index (χ2n) is 5.25. The quantitative estimate of drug-likeness (QED) is 0.803. The van der Waals surface area contributed by atoms with Crippen LogP contribution in [0.2, 0.25) is 0 Å². The van der Waals surface area contributed by atoms with Gasteiger partial charge in [-0.3, -0.25) is 4.79 Å². The maximum absolute atomic E-state index is 11.4. The summed E-state index contributed by atoms with van der Waals surface area (Å²) in [5.41, 5.74) is 2.98. The van der Waals surface area contributed by atoms with Gasteiger partial charge in [0.25, 0.3) is 0 Å². The Bertz CT molecular complexity index is 847. The zero-order valence-electron chi connectivity index (χ0n) is 12.4. The third kappa shape index (κ3) is 2.42. The van der Waals surface area contributed by atoms with Crippen LogP contribution in [0.25, 0.3) is 11.0 Å². The molecule has 1 aromatic carbocycles. The number of hydrogen-bond donors (Lipinski definition) is 1. The van der Waals surface area contributed by atoms with Gasteiger partial charge in [-0.05, 0) is 25.1 Å². The van der Waals surface area contributed by atoms with Crippen LogP contribution in [0.4, 0.5) is 5.69 Å². The lowest BCUT2D eigenvalue weighted by atomic mass is 10.3. The van der Waals surface area contributed by atoms with Crippen LogP contribution < -0.4 is 10.9 Å². The number of nitrogens with one attached hydrogen (secondary N) is 1. The largest absolute Gasteiger partial charge is 0.374 e. The topological polar surface area (TPSA) is 51.9 Å². The van der Waals surface area contributed by atoms with E-state index in [9.17, 15) is 4.79 Å². The molecule has 5 heteroatoms. The zero-order valence-corrected chi connectivity index (χ0v) is 12.4. The van der Waals surface area contributed by atoms with Crippen molar-refractivity contribution in [2.75, 3.05) is 5.32 Å². The summed E-state index contributed by atoms with van der Waals surface area (Å²) >= 11 is 0. The lowest BCUT2D eigenvalue weighted by molar-refractivity contribution is 0.731. The fourth-order valence-electron chi connectivity index (χ4n) is 2.55. The van der Waals surface area contributed by atoms with Crippen LogP contribution in [0.3, 0.4) is 0 Å². The van der Waals surface area contributed by atoms with Crippen molar-refractivity contribution >= 4 is 16.7 Å². The number of anilines is 1. The predicted octanol–water partition coefficient (Wildman–Crippen LogP) is 2.45. The molecular formula is C16H18N4O. The van der Waals surface area contributed by atoms with E-state index < -0.39 is 0 Å². The van der Waals surface area contributed by atoms with Crippen LogP contribution in [0.1, 0.15) is 18.8 Å². The molecule has 0 radical (unpaired) electrons. The summed E-state index contributed by atoms with van der Waals surface area (Å²) in [6, 6.07) is 11.5. The molecule has 0 saturated heterocycles. The zero-order chi connectivity index (χ0) is 15.0. The van der Waals surface area contributed by atoms with Gasteiger partial charge in [-0.15, -0.1) is 0 Å². The Balaban J connectivity index is 1.93. The number of aromatic nitrogens is 3. The van der Waals surface area contributed by atoms with Gasteiger partial charge in [-0.25, -0.2) is 4.98 Å². The summed E-state index contributed by atoms with van der Waals surface area (Å²) in [4.78, 5) is 16.1. The molecule has 0 amide bonds. The molecule has 5 nitrogen and oxygen atoms in total. The summed E-state index contributed by atoms with van der Waals surface area (Å²) in [6.45, 7) is 2.06. The van der Waals surface area contributed by atoms with Gasteiger partial charge in [-0.1, -0.05) is 12.1 Å². The van der Waals surface area contributed by atoms with E-state index in [1.54, 1.807) is 29.9 Å². The van der Waals surface area contributed by atoms with Crippen molar-refractivity contribution < 1.29 is 0 Å². The third-order valence-corrected chi connectivity index (χ3v) is 3.68. The van der Waals surface area contributed by atoms with E-state index in [1.165, 1.54) is 0 Å². The fraction of sp³-hybridized carbons (Fsp3) is 0.250. The Labute approximate surface area is 122 Å². The van der Waals surface area contributed by atoms with Crippen molar-refractivity contribution in [2.24, 2.45) is 14.1 Å². The number of rotatable bonds is 3. The fourth-order valence-corrected chi connectivity index (χ4v) is 2.55.